The number of rotatable bonds is 8. The van der Waals surface area contributed by atoms with Crippen LogP contribution in [0.4, 0.5) is 14.6 Å². The maximum atomic E-state index is 16.2. The predicted molar refractivity (Wildman–Crippen MR) is 180 cm³/mol. The minimum absolute atomic E-state index is 0.00593. The summed E-state index contributed by atoms with van der Waals surface area (Å²) in [4.78, 5) is 39.1. The fourth-order valence-electron chi connectivity index (χ4n) is 6.02. The van der Waals surface area contributed by atoms with Gasteiger partial charge in [-0.05, 0) is 63.2 Å². The Bertz CT molecular complexity index is 1810. The van der Waals surface area contributed by atoms with Crippen molar-refractivity contribution in [1.29, 1.82) is 0 Å². The Morgan fingerprint density at radius 1 is 1.21 bits per heavy atom. The molecule has 48 heavy (non-hydrogen) atoms. The number of hydrogen-bond donors (Lipinski definition) is 2. The van der Waals surface area contributed by atoms with Crippen LogP contribution in [0.3, 0.4) is 0 Å². The average Bonchev–Trinajstić information content (AvgIpc) is 3.05. The van der Waals surface area contributed by atoms with Crippen molar-refractivity contribution in [2.45, 2.75) is 58.9 Å². The number of ether oxygens (including phenoxy) is 2. The van der Waals surface area contributed by atoms with Crippen LogP contribution in [0.1, 0.15) is 34.6 Å². The third kappa shape index (κ3) is 6.97. The molecule has 5 rings (SSSR count). The summed E-state index contributed by atoms with van der Waals surface area (Å²) in [6.45, 7) is 14.4. The number of anilines is 1. The number of nitrogens with zero attached hydrogens (tertiary/aromatic N) is 5. The molecule has 0 aliphatic carbocycles. The molecule has 2 N–H and O–H groups in total. The quantitative estimate of drug-likeness (QED) is 0.343. The first-order valence-corrected chi connectivity index (χ1v) is 16.1. The highest BCUT2D eigenvalue weighted by atomic mass is 19.1. The van der Waals surface area contributed by atoms with Crippen LogP contribution in [0.15, 0.2) is 59.6 Å². The summed E-state index contributed by atoms with van der Waals surface area (Å²) in [6, 6.07) is 4.64. The lowest BCUT2D eigenvalue weighted by molar-refractivity contribution is -0.128. The van der Waals surface area contributed by atoms with Crippen molar-refractivity contribution in [2.24, 2.45) is 5.92 Å². The monoisotopic (exact) mass is 664 g/mol. The van der Waals surface area contributed by atoms with Gasteiger partial charge in [0.1, 0.15) is 41.9 Å². The van der Waals surface area contributed by atoms with Crippen LogP contribution in [0, 0.1) is 17.6 Å². The van der Waals surface area contributed by atoms with Gasteiger partial charge in [-0.15, -0.1) is 0 Å². The van der Waals surface area contributed by atoms with Crippen molar-refractivity contribution in [3.8, 4) is 17.0 Å². The second-order valence-corrected chi connectivity index (χ2v) is 12.5. The standard InChI is InChI=1S/C35H42F2N6O5/c1-7-29(45)41-16-22(6)42(17-21(41)5)34-24-14-26(37)31-30-25(36)10-9-11-28(30)48-19-27(44)32(47-8-2)23(12-13-38-15-20(3)4)18-43(33(24)39-31)35(46)40-34/h7,9-14,18,20-22,27,32,38,44H,1,8,15-17,19H2,2-6H3/b13-12-,23-18-/t21-,22+,27?,32?/m1/s1. The number of piperazine rings is 1. The number of amides is 1. The molecule has 3 aromatic rings. The van der Waals surface area contributed by atoms with Crippen LogP contribution < -0.4 is 20.6 Å². The molecule has 1 aromatic carbocycles. The van der Waals surface area contributed by atoms with Gasteiger partial charge in [0.2, 0.25) is 5.91 Å². The summed E-state index contributed by atoms with van der Waals surface area (Å²) in [5.74, 6) is -1.39. The van der Waals surface area contributed by atoms with Gasteiger partial charge >= 0.3 is 5.69 Å². The minimum atomic E-state index is -1.27. The van der Waals surface area contributed by atoms with E-state index in [2.05, 4.69) is 35.7 Å². The Morgan fingerprint density at radius 3 is 2.69 bits per heavy atom. The van der Waals surface area contributed by atoms with Gasteiger partial charge in [0.05, 0.1) is 10.9 Å². The fraction of sp³-hybridized carbons (Fsp3) is 0.429. The average molecular weight is 665 g/mol. The molecule has 2 aliphatic heterocycles. The first-order chi connectivity index (χ1) is 22.9. The molecule has 1 amide bonds. The molecule has 1 fully saturated rings. The fourth-order valence-corrected chi connectivity index (χ4v) is 6.02. The zero-order valence-electron chi connectivity index (χ0n) is 27.8. The Balaban J connectivity index is 1.79. The third-order valence-corrected chi connectivity index (χ3v) is 8.39. The molecule has 13 heteroatoms. The Morgan fingerprint density at radius 2 is 1.98 bits per heavy atom. The number of benzene rings is 1. The van der Waals surface area contributed by atoms with E-state index in [1.54, 1.807) is 24.1 Å². The number of carbonyl (C=O) groups excluding carboxylic acids is 1. The maximum Gasteiger partial charge on any atom is 0.355 e. The number of pyridine rings is 1. The van der Waals surface area contributed by atoms with Crippen LogP contribution in [0.2, 0.25) is 0 Å². The molecule has 2 bridgehead atoms. The van der Waals surface area contributed by atoms with Gasteiger partial charge in [-0.2, -0.15) is 4.98 Å². The highest BCUT2D eigenvalue weighted by Gasteiger charge is 2.34. The lowest BCUT2D eigenvalue weighted by Crippen LogP contribution is -2.58. The minimum Gasteiger partial charge on any atom is -0.490 e. The van der Waals surface area contributed by atoms with Gasteiger partial charge in [-0.1, -0.05) is 26.5 Å². The van der Waals surface area contributed by atoms with Crippen LogP contribution in [0.25, 0.3) is 28.5 Å². The van der Waals surface area contributed by atoms with Gasteiger partial charge in [0, 0.05) is 50.1 Å². The van der Waals surface area contributed by atoms with Gasteiger partial charge in [-0.3, -0.25) is 9.36 Å². The number of aliphatic hydroxyl groups excluding tert-OH is 1. The summed E-state index contributed by atoms with van der Waals surface area (Å²) in [5.41, 5.74) is -0.973. The van der Waals surface area contributed by atoms with E-state index in [9.17, 15) is 14.7 Å². The van der Waals surface area contributed by atoms with E-state index in [1.807, 2.05) is 18.7 Å². The molecule has 2 unspecified atom stereocenters. The second kappa shape index (κ2) is 14.7. The number of halogens is 2. The zero-order chi connectivity index (χ0) is 34.7. The van der Waals surface area contributed by atoms with E-state index in [4.69, 9.17) is 9.47 Å². The molecule has 2 aromatic heterocycles. The van der Waals surface area contributed by atoms with Crippen LogP contribution in [-0.2, 0) is 9.53 Å². The Labute approximate surface area is 278 Å². The molecule has 2 aliphatic rings. The molecule has 0 saturated carbocycles. The van der Waals surface area contributed by atoms with Gasteiger partial charge in [0.25, 0.3) is 0 Å². The number of nitrogens with one attached hydrogen (secondary N) is 1. The highest BCUT2D eigenvalue weighted by molar-refractivity contribution is 5.91. The molecular weight excluding hydrogens is 622 g/mol. The molecule has 0 radical (unpaired) electrons. The molecule has 256 valence electrons. The SMILES string of the molecule is C=CC(=O)N1C[C@H](C)N(c2nc(=O)n3c4nc(c(F)cc24)-c2c(F)cccc2OCC(O)C(OCC)C(/C=C\NCC(C)C)=C\3)C[C@H]1C. The van der Waals surface area contributed by atoms with Crippen LogP contribution >= 0.6 is 0 Å². The summed E-state index contributed by atoms with van der Waals surface area (Å²) in [6.07, 6.45) is 3.83. The van der Waals surface area contributed by atoms with E-state index in [-0.39, 0.29) is 65.1 Å². The van der Waals surface area contributed by atoms with E-state index >= 15 is 8.78 Å². The number of aromatic nitrogens is 3. The number of fused-ring (bicyclic) bond motifs is 3. The summed E-state index contributed by atoms with van der Waals surface area (Å²) < 4.78 is 44.7. The predicted octanol–water partition coefficient (Wildman–Crippen LogP) is 4.11. The number of aliphatic hydroxyl groups is 1. The van der Waals surface area contributed by atoms with Gasteiger partial charge in [0.15, 0.2) is 11.5 Å². The van der Waals surface area contributed by atoms with E-state index in [0.29, 0.717) is 31.1 Å². The van der Waals surface area contributed by atoms with E-state index in [1.165, 1.54) is 30.5 Å². The van der Waals surface area contributed by atoms with E-state index < -0.39 is 29.5 Å². The van der Waals surface area contributed by atoms with Crippen molar-refractivity contribution < 1.29 is 28.2 Å². The molecule has 1 saturated heterocycles. The van der Waals surface area contributed by atoms with Gasteiger partial charge < -0.3 is 29.7 Å². The Kier molecular flexibility index (Phi) is 10.6. The lowest BCUT2D eigenvalue weighted by Gasteiger charge is -2.44. The highest BCUT2D eigenvalue weighted by Crippen LogP contribution is 2.37. The molecule has 4 atom stereocenters. The Hall–Kier alpha value is -4.62. The van der Waals surface area contributed by atoms with Gasteiger partial charge in [-0.25, -0.2) is 18.6 Å². The van der Waals surface area contributed by atoms with Crippen LogP contribution in [-0.4, -0.2) is 87.6 Å². The lowest BCUT2D eigenvalue weighted by atomic mass is 10.0. The summed E-state index contributed by atoms with van der Waals surface area (Å²) in [5, 5.41) is 14.7. The van der Waals surface area contributed by atoms with Crippen LogP contribution in [0.5, 0.6) is 5.75 Å². The molecule has 11 nitrogen and oxygen atoms in total. The van der Waals surface area contributed by atoms with Crippen molar-refractivity contribution in [1.82, 2.24) is 24.8 Å². The zero-order valence-corrected chi connectivity index (χ0v) is 27.8. The second-order valence-electron chi connectivity index (χ2n) is 12.5. The first-order valence-electron chi connectivity index (χ1n) is 16.1. The van der Waals surface area contributed by atoms with Crippen molar-refractivity contribution >= 4 is 29.0 Å². The smallest absolute Gasteiger partial charge is 0.355 e. The topological polar surface area (TPSA) is 122 Å². The van der Waals surface area contributed by atoms with Crippen molar-refractivity contribution in [2.75, 3.05) is 37.7 Å². The third-order valence-electron chi connectivity index (χ3n) is 8.39. The first kappa shape index (κ1) is 34.7. The molecular formula is C35H42F2N6O5. The molecule has 0 spiro atoms. The normalized spacial score (nSPS) is 22.6. The van der Waals surface area contributed by atoms with E-state index in [0.717, 1.165) is 10.6 Å². The summed E-state index contributed by atoms with van der Waals surface area (Å²) in [7, 11) is 0. The maximum absolute atomic E-state index is 16.2. The number of carbonyl (C=O) groups is 1. The van der Waals surface area contributed by atoms with Crippen molar-refractivity contribution in [3.63, 3.8) is 0 Å². The largest absolute Gasteiger partial charge is 0.490 e. The molecule has 4 heterocycles. The summed E-state index contributed by atoms with van der Waals surface area (Å²) >= 11 is 0. The number of hydrogen-bond acceptors (Lipinski definition) is 9. The van der Waals surface area contributed by atoms with Crippen molar-refractivity contribution in [3.05, 3.63) is 76.9 Å².